The van der Waals surface area contributed by atoms with E-state index in [4.69, 9.17) is 11.6 Å². The molecule has 1 unspecified atom stereocenters. The largest absolute Gasteiger partial charge is 0.394 e. The zero-order valence-electron chi connectivity index (χ0n) is 11.2. The third-order valence-corrected chi connectivity index (χ3v) is 5.17. The third kappa shape index (κ3) is 2.77. The molecule has 0 amide bonds. The van der Waals surface area contributed by atoms with Gasteiger partial charge >= 0.3 is 0 Å². The SMILES string of the molecule is OCC(NCc1cccs1)(c1ccc(Cl)cc1)C1CC1. The van der Waals surface area contributed by atoms with E-state index >= 15 is 0 Å². The van der Waals surface area contributed by atoms with Crippen molar-refractivity contribution in [3.05, 3.63) is 57.2 Å². The fraction of sp³-hybridized carbons (Fsp3) is 0.375. The number of halogens is 1. The van der Waals surface area contributed by atoms with E-state index in [9.17, 15) is 5.11 Å². The highest BCUT2D eigenvalue weighted by Gasteiger charge is 2.45. The monoisotopic (exact) mass is 307 g/mol. The van der Waals surface area contributed by atoms with Crippen LogP contribution in [0.2, 0.25) is 5.02 Å². The molecule has 1 heterocycles. The van der Waals surface area contributed by atoms with E-state index in [1.165, 1.54) is 17.7 Å². The average Bonchev–Trinajstić information content (AvgIpc) is 3.19. The summed E-state index contributed by atoms with van der Waals surface area (Å²) in [7, 11) is 0. The predicted molar refractivity (Wildman–Crippen MR) is 84.1 cm³/mol. The summed E-state index contributed by atoms with van der Waals surface area (Å²) >= 11 is 7.72. The molecule has 1 fully saturated rings. The van der Waals surface area contributed by atoms with Gasteiger partial charge in [-0.1, -0.05) is 29.8 Å². The lowest BCUT2D eigenvalue weighted by Crippen LogP contribution is -2.47. The van der Waals surface area contributed by atoms with E-state index in [1.807, 2.05) is 24.3 Å². The first kappa shape index (κ1) is 14.1. The van der Waals surface area contributed by atoms with Crippen molar-refractivity contribution >= 4 is 22.9 Å². The van der Waals surface area contributed by atoms with Crippen molar-refractivity contribution in [2.45, 2.75) is 24.9 Å². The van der Waals surface area contributed by atoms with Crippen molar-refractivity contribution in [3.63, 3.8) is 0 Å². The zero-order chi connectivity index (χ0) is 14.0. The van der Waals surface area contributed by atoms with Crippen LogP contribution < -0.4 is 5.32 Å². The smallest absolute Gasteiger partial charge is 0.0700 e. The normalized spacial score (nSPS) is 17.9. The number of benzene rings is 1. The van der Waals surface area contributed by atoms with E-state index in [0.717, 1.165) is 17.1 Å². The molecule has 3 rings (SSSR count). The molecule has 0 spiro atoms. The van der Waals surface area contributed by atoms with E-state index in [-0.39, 0.29) is 12.1 Å². The minimum absolute atomic E-state index is 0.116. The summed E-state index contributed by atoms with van der Waals surface area (Å²) in [5.74, 6) is 0.508. The highest BCUT2D eigenvalue weighted by Crippen LogP contribution is 2.46. The second-order valence-electron chi connectivity index (χ2n) is 5.34. The quantitative estimate of drug-likeness (QED) is 0.851. The topological polar surface area (TPSA) is 32.3 Å². The van der Waals surface area contributed by atoms with Gasteiger partial charge in [0, 0.05) is 16.4 Å². The summed E-state index contributed by atoms with van der Waals surface area (Å²) in [4.78, 5) is 1.29. The van der Waals surface area contributed by atoms with Crippen LogP contribution in [-0.4, -0.2) is 11.7 Å². The van der Waals surface area contributed by atoms with Crippen LogP contribution in [0, 0.1) is 5.92 Å². The first-order valence-corrected chi connectivity index (χ1v) is 8.15. The molecule has 1 saturated carbocycles. The van der Waals surface area contributed by atoms with Crippen LogP contribution >= 0.6 is 22.9 Å². The van der Waals surface area contributed by atoms with Crippen LogP contribution in [0.3, 0.4) is 0 Å². The van der Waals surface area contributed by atoms with Gasteiger partial charge in [-0.3, -0.25) is 0 Å². The Bertz CT molecular complexity index is 550. The Balaban J connectivity index is 1.85. The standard InChI is InChI=1S/C16H18ClNOS/c17-14-7-5-13(6-8-14)16(11-19,12-3-4-12)18-10-15-2-1-9-20-15/h1-2,5-9,12,18-19H,3-4,10-11H2. The lowest BCUT2D eigenvalue weighted by Gasteiger charge is -2.34. The molecule has 2 nitrogen and oxygen atoms in total. The third-order valence-electron chi connectivity index (χ3n) is 4.04. The highest BCUT2D eigenvalue weighted by atomic mass is 35.5. The van der Waals surface area contributed by atoms with Crippen molar-refractivity contribution in [2.75, 3.05) is 6.61 Å². The molecular formula is C16H18ClNOS. The van der Waals surface area contributed by atoms with Gasteiger partial charge in [-0.25, -0.2) is 0 Å². The molecule has 106 valence electrons. The second kappa shape index (κ2) is 5.86. The molecule has 0 saturated heterocycles. The fourth-order valence-electron chi connectivity index (χ4n) is 2.74. The van der Waals surface area contributed by atoms with Crippen LogP contribution in [0.25, 0.3) is 0 Å². The number of aliphatic hydroxyl groups excluding tert-OH is 1. The van der Waals surface area contributed by atoms with Crippen LogP contribution in [0.4, 0.5) is 0 Å². The number of thiophene rings is 1. The summed E-state index contributed by atoms with van der Waals surface area (Å²) in [6.45, 7) is 0.905. The molecule has 0 aliphatic heterocycles. The maximum atomic E-state index is 10.0. The predicted octanol–water partition coefficient (Wildman–Crippen LogP) is 3.79. The molecule has 20 heavy (non-hydrogen) atoms. The first-order chi connectivity index (χ1) is 9.74. The number of hydrogen-bond acceptors (Lipinski definition) is 3. The minimum Gasteiger partial charge on any atom is -0.394 e. The van der Waals surface area contributed by atoms with Crippen LogP contribution in [0.5, 0.6) is 0 Å². The van der Waals surface area contributed by atoms with Gasteiger partial charge in [-0.05, 0) is 47.9 Å². The van der Waals surface area contributed by atoms with Gasteiger partial charge in [0.2, 0.25) is 0 Å². The van der Waals surface area contributed by atoms with Crippen LogP contribution in [0.15, 0.2) is 41.8 Å². The van der Waals surface area contributed by atoms with Crippen molar-refractivity contribution in [3.8, 4) is 0 Å². The van der Waals surface area contributed by atoms with Gasteiger partial charge in [0.15, 0.2) is 0 Å². The fourth-order valence-corrected chi connectivity index (χ4v) is 3.51. The van der Waals surface area contributed by atoms with Crippen LogP contribution in [-0.2, 0) is 12.1 Å². The van der Waals surface area contributed by atoms with E-state index in [0.29, 0.717) is 5.92 Å². The Hall–Kier alpha value is -0.870. The molecule has 0 radical (unpaired) electrons. The number of hydrogen-bond donors (Lipinski definition) is 2. The summed E-state index contributed by atoms with van der Waals surface area (Å²) in [5, 5.41) is 16.5. The Labute approximate surface area is 128 Å². The van der Waals surface area contributed by atoms with E-state index in [1.54, 1.807) is 11.3 Å². The Morgan fingerprint density at radius 1 is 1.25 bits per heavy atom. The molecule has 2 aromatic rings. The van der Waals surface area contributed by atoms with E-state index in [2.05, 4.69) is 22.8 Å². The second-order valence-corrected chi connectivity index (χ2v) is 6.81. The van der Waals surface area contributed by atoms with Crippen LogP contribution in [0.1, 0.15) is 23.3 Å². The first-order valence-electron chi connectivity index (χ1n) is 6.89. The maximum Gasteiger partial charge on any atom is 0.0700 e. The van der Waals surface area contributed by atoms with Crippen molar-refractivity contribution in [1.29, 1.82) is 0 Å². The molecule has 1 aromatic heterocycles. The molecule has 0 bridgehead atoms. The zero-order valence-corrected chi connectivity index (χ0v) is 12.8. The lowest BCUT2D eigenvalue weighted by molar-refractivity contribution is 0.138. The minimum atomic E-state index is -0.339. The van der Waals surface area contributed by atoms with Gasteiger partial charge in [-0.2, -0.15) is 0 Å². The molecular weight excluding hydrogens is 290 g/mol. The Morgan fingerprint density at radius 2 is 2.00 bits per heavy atom. The molecule has 2 N–H and O–H groups in total. The van der Waals surface area contributed by atoms with Crippen molar-refractivity contribution < 1.29 is 5.11 Å². The van der Waals surface area contributed by atoms with Crippen molar-refractivity contribution in [2.24, 2.45) is 5.92 Å². The highest BCUT2D eigenvalue weighted by molar-refractivity contribution is 7.09. The average molecular weight is 308 g/mol. The van der Waals surface area contributed by atoms with Gasteiger partial charge in [0.1, 0.15) is 0 Å². The van der Waals surface area contributed by atoms with E-state index < -0.39 is 0 Å². The van der Waals surface area contributed by atoms with Gasteiger partial charge in [-0.15, -0.1) is 11.3 Å². The summed E-state index contributed by atoms with van der Waals surface area (Å²) in [6, 6.07) is 12.0. The van der Waals surface area contributed by atoms with Gasteiger partial charge in [0.25, 0.3) is 0 Å². The summed E-state index contributed by atoms with van der Waals surface area (Å²) in [5.41, 5.74) is 0.789. The Morgan fingerprint density at radius 3 is 2.55 bits per heavy atom. The van der Waals surface area contributed by atoms with Crippen molar-refractivity contribution in [1.82, 2.24) is 5.32 Å². The summed E-state index contributed by atoms with van der Waals surface area (Å²) < 4.78 is 0. The number of nitrogens with one attached hydrogen (secondary N) is 1. The molecule has 1 aromatic carbocycles. The van der Waals surface area contributed by atoms with Gasteiger partial charge < -0.3 is 10.4 Å². The van der Waals surface area contributed by atoms with Gasteiger partial charge in [0.05, 0.1) is 12.1 Å². The Kier molecular flexibility index (Phi) is 4.13. The lowest BCUT2D eigenvalue weighted by atomic mass is 9.85. The number of aliphatic hydroxyl groups is 1. The molecule has 4 heteroatoms. The molecule has 1 atom stereocenters. The maximum absolute atomic E-state index is 10.0. The summed E-state index contributed by atoms with van der Waals surface area (Å²) in [6.07, 6.45) is 2.33. The number of rotatable bonds is 6. The molecule has 1 aliphatic carbocycles. The molecule has 1 aliphatic rings.